The lowest BCUT2D eigenvalue weighted by molar-refractivity contribution is 0.0692. The summed E-state index contributed by atoms with van der Waals surface area (Å²) >= 11 is 1.58. The van der Waals surface area contributed by atoms with Crippen molar-refractivity contribution in [1.29, 1.82) is 0 Å². The number of carbonyl (C=O) groups excluding carboxylic acids is 1. The van der Waals surface area contributed by atoms with Crippen molar-refractivity contribution in [3.05, 3.63) is 82.6 Å². The molecule has 1 N–H and O–H groups in total. The fourth-order valence-corrected chi connectivity index (χ4v) is 5.49. The molecule has 1 aliphatic rings. The fraction of sp³-hybridized carbons (Fsp3) is 0.250. The van der Waals surface area contributed by atoms with Gasteiger partial charge in [-0.25, -0.2) is 18.9 Å². The molecule has 7 nitrogen and oxygen atoms in total. The number of imidazole rings is 1. The van der Waals surface area contributed by atoms with Crippen LogP contribution in [0.2, 0.25) is 0 Å². The monoisotopic (exact) mass is 460 g/mol. The highest BCUT2D eigenvalue weighted by atomic mass is 32.1. The quantitative estimate of drug-likeness (QED) is 0.425. The lowest BCUT2D eigenvalue weighted by atomic mass is 10.0. The van der Waals surface area contributed by atoms with E-state index in [1.165, 1.54) is 13.8 Å². The van der Waals surface area contributed by atoms with Crippen LogP contribution in [0.25, 0.3) is 15.7 Å². The Morgan fingerprint density at radius 3 is 2.91 bits per heavy atom. The van der Waals surface area contributed by atoms with Crippen molar-refractivity contribution in [2.45, 2.75) is 32.0 Å². The zero-order chi connectivity index (χ0) is 22.7. The summed E-state index contributed by atoms with van der Waals surface area (Å²) in [5.74, 6) is -0.143. The first-order valence-corrected chi connectivity index (χ1v) is 11.6. The Labute approximate surface area is 192 Å². The maximum atomic E-state index is 14.4. The minimum Gasteiger partial charge on any atom is -0.348 e. The van der Waals surface area contributed by atoms with Crippen LogP contribution < -0.4 is 0 Å². The van der Waals surface area contributed by atoms with Crippen molar-refractivity contribution in [2.75, 3.05) is 6.54 Å². The zero-order valence-corrected chi connectivity index (χ0v) is 18.9. The molecule has 0 saturated heterocycles. The van der Waals surface area contributed by atoms with E-state index in [1.807, 2.05) is 29.2 Å². The minimum atomic E-state index is -1.49. The van der Waals surface area contributed by atoms with Crippen LogP contribution in [0.3, 0.4) is 0 Å². The van der Waals surface area contributed by atoms with Crippen LogP contribution in [-0.2, 0) is 12.1 Å². The average Bonchev–Trinajstić information content (AvgIpc) is 3.54. The van der Waals surface area contributed by atoms with Crippen LogP contribution in [0, 0.1) is 0 Å². The lowest BCUT2D eigenvalue weighted by Gasteiger charge is -2.33. The highest BCUT2D eigenvalue weighted by Gasteiger charge is 2.37. The number of aromatic nitrogens is 5. The van der Waals surface area contributed by atoms with E-state index < -0.39 is 5.67 Å². The molecular weight excluding hydrogens is 439 g/mol. The number of amides is 1. The number of thiazole rings is 1. The Kier molecular flexibility index (Phi) is 4.38. The molecule has 0 spiro atoms. The molecule has 1 atom stereocenters. The molecule has 0 bridgehead atoms. The molecule has 0 radical (unpaired) electrons. The van der Waals surface area contributed by atoms with E-state index in [0.717, 1.165) is 26.6 Å². The van der Waals surface area contributed by atoms with Gasteiger partial charge in [0.25, 0.3) is 5.91 Å². The standard InChI is InChI=1S/C24H21FN6OS/c1-24(2,25)14-7-8-18-15(11-28-31(18)12-14)23(32)30-10-9-17-20(27-13-26-17)21(30)22-29-16-5-3-4-6-19(16)33-22/h3-8,11-13,21H,9-10H2,1-2H3,(H,26,27)/t21-/m0/s1. The second-order valence-electron chi connectivity index (χ2n) is 8.72. The molecule has 0 aliphatic carbocycles. The predicted octanol–water partition coefficient (Wildman–Crippen LogP) is 4.66. The summed E-state index contributed by atoms with van der Waals surface area (Å²) in [6, 6.07) is 11.0. The number of rotatable bonds is 3. The summed E-state index contributed by atoms with van der Waals surface area (Å²) in [6.07, 6.45) is 5.55. The van der Waals surface area contributed by atoms with Crippen LogP contribution in [0.5, 0.6) is 0 Å². The minimum absolute atomic E-state index is 0.143. The van der Waals surface area contributed by atoms with Gasteiger partial charge in [-0.15, -0.1) is 11.3 Å². The summed E-state index contributed by atoms with van der Waals surface area (Å²) < 4.78 is 17.0. The first kappa shape index (κ1) is 20.0. The van der Waals surface area contributed by atoms with Crippen LogP contribution in [-0.4, -0.2) is 41.9 Å². The largest absolute Gasteiger partial charge is 0.348 e. The van der Waals surface area contributed by atoms with E-state index in [0.29, 0.717) is 29.6 Å². The van der Waals surface area contributed by atoms with Gasteiger partial charge < -0.3 is 9.88 Å². The number of pyridine rings is 1. The molecule has 0 fully saturated rings. The number of nitrogens with zero attached hydrogens (tertiary/aromatic N) is 5. The Morgan fingerprint density at radius 1 is 1.24 bits per heavy atom. The third kappa shape index (κ3) is 3.22. The molecule has 0 saturated carbocycles. The average molecular weight is 461 g/mol. The van der Waals surface area contributed by atoms with Gasteiger partial charge in [-0.1, -0.05) is 18.2 Å². The molecule has 33 heavy (non-hydrogen) atoms. The third-order valence-corrected chi connectivity index (χ3v) is 7.25. The lowest BCUT2D eigenvalue weighted by Crippen LogP contribution is -2.40. The number of alkyl halides is 1. The summed E-state index contributed by atoms with van der Waals surface area (Å²) in [7, 11) is 0. The van der Waals surface area contributed by atoms with Gasteiger partial charge in [-0.3, -0.25) is 4.79 Å². The molecule has 5 aromatic rings. The molecule has 5 heterocycles. The van der Waals surface area contributed by atoms with Crippen molar-refractivity contribution in [2.24, 2.45) is 0 Å². The third-order valence-electron chi connectivity index (χ3n) is 6.16. The Morgan fingerprint density at radius 2 is 2.09 bits per heavy atom. The molecule has 9 heteroatoms. The van der Waals surface area contributed by atoms with Crippen LogP contribution in [0.15, 0.2) is 55.1 Å². The van der Waals surface area contributed by atoms with Gasteiger partial charge in [-0.05, 0) is 32.0 Å². The summed E-state index contributed by atoms with van der Waals surface area (Å²) in [5, 5.41) is 5.17. The number of hydrogen-bond acceptors (Lipinski definition) is 5. The first-order valence-electron chi connectivity index (χ1n) is 10.8. The van der Waals surface area contributed by atoms with Gasteiger partial charge in [0.05, 0.1) is 39.5 Å². The Hall–Kier alpha value is -3.59. The van der Waals surface area contributed by atoms with Crippen molar-refractivity contribution in [3.63, 3.8) is 0 Å². The van der Waals surface area contributed by atoms with E-state index in [-0.39, 0.29) is 11.9 Å². The van der Waals surface area contributed by atoms with Gasteiger partial charge >= 0.3 is 0 Å². The number of aromatic amines is 1. The van der Waals surface area contributed by atoms with Gasteiger partial charge in [0.1, 0.15) is 16.7 Å². The summed E-state index contributed by atoms with van der Waals surface area (Å²) in [4.78, 5) is 28.3. The van der Waals surface area contributed by atoms with Crippen molar-refractivity contribution in [1.82, 2.24) is 29.5 Å². The van der Waals surface area contributed by atoms with Gasteiger partial charge in [0, 0.05) is 30.4 Å². The molecule has 166 valence electrons. The van der Waals surface area contributed by atoms with Crippen molar-refractivity contribution < 1.29 is 9.18 Å². The van der Waals surface area contributed by atoms with Gasteiger partial charge in [0.15, 0.2) is 0 Å². The number of halogens is 1. The summed E-state index contributed by atoms with van der Waals surface area (Å²) in [6.45, 7) is 3.53. The predicted molar refractivity (Wildman–Crippen MR) is 124 cm³/mol. The van der Waals surface area contributed by atoms with E-state index in [2.05, 4.69) is 15.1 Å². The maximum absolute atomic E-state index is 14.4. The van der Waals surface area contributed by atoms with E-state index in [9.17, 15) is 9.18 Å². The number of benzene rings is 1. The number of H-pyrrole nitrogens is 1. The van der Waals surface area contributed by atoms with E-state index >= 15 is 0 Å². The van der Waals surface area contributed by atoms with E-state index in [1.54, 1.807) is 46.7 Å². The molecule has 1 aliphatic heterocycles. The van der Waals surface area contributed by atoms with Crippen LogP contribution >= 0.6 is 11.3 Å². The maximum Gasteiger partial charge on any atom is 0.258 e. The Bertz CT molecular complexity index is 1480. The highest BCUT2D eigenvalue weighted by molar-refractivity contribution is 7.18. The second kappa shape index (κ2) is 7.21. The normalized spacial score (nSPS) is 16.5. The zero-order valence-electron chi connectivity index (χ0n) is 18.1. The van der Waals surface area contributed by atoms with E-state index in [4.69, 9.17) is 4.98 Å². The first-order chi connectivity index (χ1) is 15.9. The number of fused-ring (bicyclic) bond motifs is 3. The number of carbonyl (C=O) groups is 1. The van der Waals surface area contributed by atoms with Crippen LogP contribution in [0.4, 0.5) is 4.39 Å². The molecule has 0 unspecified atom stereocenters. The van der Waals surface area contributed by atoms with Gasteiger partial charge in [0.2, 0.25) is 0 Å². The van der Waals surface area contributed by atoms with Crippen molar-refractivity contribution >= 4 is 33.0 Å². The SMILES string of the molecule is CC(C)(F)c1ccc2c(C(=O)N3CCc4[nH]cnc4[C@H]3c3nc4ccccc4s3)cnn2c1. The van der Waals surface area contributed by atoms with Crippen molar-refractivity contribution in [3.8, 4) is 0 Å². The smallest absolute Gasteiger partial charge is 0.258 e. The number of para-hydroxylation sites is 1. The molecular formula is C24H21FN6OS. The molecule has 4 aromatic heterocycles. The highest BCUT2D eigenvalue weighted by Crippen LogP contribution is 2.38. The second-order valence-corrected chi connectivity index (χ2v) is 9.78. The molecule has 1 aromatic carbocycles. The summed E-state index contributed by atoms with van der Waals surface area (Å²) in [5.41, 5.74) is 2.89. The fourth-order valence-electron chi connectivity index (χ4n) is 4.41. The van der Waals surface area contributed by atoms with Gasteiger partial charge in [-0.2, -0.15) is 5.10 Å². The number of nitrogens with one attached hydrogen (secondary N) is 1. The number of hydrogen-bond donors (Lipinski definition) is 1. The molecule has 1 amide bonds. The van der Waals surface area contributed by atoms with Crippen LogP contribution in [0.1, 0.15) is 52.2 Å². The Balaban J connectivity index is 1.44. The molecule has 6 rings (SSSR count). The topological polar surface area (TPSA) is 79.2 Å².